The maximum absolute atomic E-state index is 12.4. The number of aromatic nitrogens is 2. The molecule has 0 saturated carbocycles. The number of nitrogens with one attached hydrogen (secondary N) is 2. The molecular weight excluding hydrogens is 276 g/mol. The third-order valence-electron chi connectivity index (χ3n) is 4.08. The number of piperidine rings is 1. The van der Waals surface area contributed by atoms with Crippen molar-refractivity contribution in [1.82, 2.24) is 20.4 Å². The first kappa shape index (κ1) is 14.8. The van der Waals surface area contributed by atoms with Crippen LogP contribution in [0.25, 0.3) is 5.69 Å². The molecule has 5 heteroatoms. The van der Waals surface area contributed by atoms with E-state index in [4.69, 9.17) is 0 Å². The molecule has 1 saturated heterocycles. The summed E-state index contributed by atoms with van der Waals surface area (Å²) in [6.45, 7) is 5.06. The molecule has 1 fully saturated rings. The van der Waals surface area contributed by atoms with Gasteiger partial charge in [-0.3, -0.25) is 4.79 Å². The van der Waals surface area contributed by atoms with E-state index in [9.17, 15) is 4.79 Å². The average Bonchev–Trinajstić information content (AvgIpc) is 2.90. The van der Waals surface area contributed by atoms with Crippen molar-refractivity contribution in [2.45, 2.75) is 38.8 Å². The molecular formula is C17H22N4O. The largest absolute Gasteiger partial charge is 0.348 e. The first-order valence-electron chi connectivity index (χ1n) is 7.80. The highest BCUT2D eigenvalue weighted by molar-refractivity contribution is 5.92. The summed E-state index contributed by atoms with van der Waals surface area (Å²) >= 11 is 0. The van der Waals surface area contributed by atoms with Crippen molar-refractivity contribution in [3.8, 4) is 5.69 Å². The lowest BCUT2D eigenvalue weighted by atomic mass is 10.0. The van der Waals surface area contributed by atoms with E-state index >= 15 is 0 Å². The van der Waals surface area contributed by atoms with Gasteiger partial charge in [0.25, 0.3) is 5.91 Å². The molecule has 2 aromatic rings. The molecule has 0 radical (unpaired) electrons. The maximum Gasteiger partial charge on any atom is 0.272 e. The van der Waals surface area contributed by atoms with Gasteiger partial charge in [-0.25, -0.2) is 4.68 Å². The summed E-state index contributed by atoms with van der Waals surface area (Å²) in [5, 5.41) is 10.9. The number of carbonyl (C=O) groups excluding carboxylic acids is 1. The van der Waals surface area contributed by atoms with Crippen LogP contribution in [0.2, 0.25) is 0 Å². The molecule has 0 bridgehead atoms. The van der Waals surface area contributed by atoms with E-state index in [2.05, 4.69) is 22.7 Å². The van der Waals surface area contributed by atoms with Gasteiger partial charge in [-0.15, -0.1) is 0 Å². The Labute approximate surface area is 130 Å². The minimum Gasteiger partial charge on any atom is -0.348 e. The maximum atomic E-state index is 12.4. The quantitative estimate of drug-likeness (QED) is 0.912. The van der Waals surface area contributed by atoms with Crippen LogP contribution in [-0.2, 0) is 0 Å². The Hall–Kier alpha value is -2.14. The molecule has 1 aliphatic rings. The Morgan fingerprint density at radius 1 is 1.36 bits per heavy atom. The highest BCUT2D eigenvalue weighted by Gasteiger charge is 2.22. The van der Waals surface area contributed by atoms with Crippen LogP contribution in [0.3, 0.4) is 0 Å². The second-order valence-electron chi connectivity index (χ2n) is 5.97. The van der Waals surface area contributed by atoms with E-state index in [0.29, 0.717) is 11.7 Å². The van der Waals surface area contributed by atoms with Gasteiger partial charge in [0.1, 0.15) is 0 Å². The van der Waals surface area contributed by atoms with Crippen molar-refractivity contribution >= 4 is 5.91 Å². The zero-order valence-electron chi connectivity index (χ0n) is 13.0. The van der Waals surface area contributed by atoms with Gasteiger partial charge < -0.3 is 10.6 Å². The van der Waals surface area contributed by atoms with Crippen LogP contribution in [0.1, 0.15) is 35.9 Å². The lowest BCUT2D eigenvalue weighted by molar-refractivity contribution is 0.0920. The second-order valence-corrected chi connectivity index (χ2v) is 5.97. The van der Waals surface area contributed by atoms with Gasteiger partial charge in [-0.05, 0) is 51.4 Å². The van der Waals surface area contributed by atoms with E-state index in [1.54, 1.807) is 4.68 Å². The third kappa shape index (κ3) is 3.20. The molecule has 1 aromatic carbocycles. The number of rotatable bonds is 3. The summed E-state index contributed by atoms with van der Waals surface area (Å²) in [6.07, 6.45) is 1.93. The topological polar surface area (TPSA) is 59.0 Å². The minimum atomic E-state index is -0.0862. The summed E-state index contributed by atoms with van der Waals surface area (Å²) in [7, 11) is 0. The molecule has 0 aliphatic carbocycles. The summed E-state index contributed by atoms with van der Waals surface area (Å²) < 4.78 is 1.81. The first-order chi connectivity index (χ1) is 10.6. The Balaban J connectivity index is 1.74. The van der Waals surface area contributed by atoms with Crippen molar-refractivity contribution in [2.75, 3.05) is 6.54 Å². The lowest BCUT2D eigenvalue weighted by Gasteiger charge is -2.28. The van der Waals surface area contributed by atoms with Crippen molar-refractivity contribution in [3.05, 3.63) is 47.8 Å². The third-order valence-corrected chi connectivity index (χ3v) is 4.08. The van der Waals surface area contributed by atoms with Gasteiger partial charge in [0.15, 0.2) is 5.69 Å². The van der Waals surface area contributed by atoms with Gasteiger partial charge in [0, 0.05) is 17.8 Å². The van der Waals surface area contributed by atoms with Gasteiger partial charge in [-0.1, -0.05) is 18.2 Å². The SMILES string of the molecule is Cc1cc(C(=O)NC2CCNC(C)C2)nn1-c1ccccc1. The highest BCUT2D eigenvalue weighted by Crippen LogP contribution is 2.13. The van der Waals surface area contributed by atoms with E-state index in [1.165, 1.54) is 0 Å². The molecule has 2 atom stereocenters. The molecule has 5 nitrogen and oxygen atoms in total. The first-order valence-corrected chi connectivity index (χ1v) is 7.80. The Morgan fingerprint density at radius 2 is 2.14 bits per heavy atom. The van der Waals surface area contributed by atoms with Gasteiger partial charge in [0.2, 0.25) is 0 Å². The van der Waals surface area contributed by atoms with Crippen LogP contribution in [-0.4, -0.2) is 34.3 Å². The number of carbonyl (C=O) groups is 1. The number of nitrogens with zero attached hydrogens (tertiary/aromatic N) is 2. The number of amides is 1. The molecule has 116 valence electrons. The van der Waals surface area contributed by atoms with Crippen LogP contribution in [0.5, 0.6) is 0 Å². The van der Waals surface area contributed by atoms with E-state index < -0.39 is 0 Å². The molecule has 2 unspecified atom stereocenters. The van der Waals surface area contributed by atoms with Crippen molar-refractivity contribution in [1.29, 1.82) is 0 Å². The van der Waals surface area contributed by atoms with Gasteiger partial charge in [0.05, 0.1) is 5.69 Å². The lowest BCUT2D eigenvalue weighted by Crippen LogP contribution is -2.46. The zero-order chi connectivity index (χ0) is 15.5. The highest BCUT2D eigenvalue weighted by atomic mass is 16.2. The van der Waals surface area contributed by atoms with Crippen molar-refractivity contribution in [3.63, 3.8) is 0 Å². The number of hydrogen-bond acceptors (Lipinski definition) is 3. The smallest absolute Gasteiger partial charge is 0.272 e. The molecule has 1 aliphatic heterocycles. The van der Waals surface area contributed by atoms with E-state index in [1.807, 2.05) is 43.3 Å². The minimum absolute atomic E-state index is 0.0862. The van der Waals surface area contributed by atoms with E-state index in [-0.39, 0.29) is 11.9 Å². The summed E-state index contributed by atoms with van der Waals surface area (Å²) in [5.74, 6) is -0.0862. The fourth-order valence-corrected chi connectivity index (χ4v) is 2.94. The number of hydrogen-bond donors (Lipinski definition) is 2. The summed E-state index contributed by atoms with van der Waals surface area (Å²) in [6, 6.07) is 12.4. The zero-order valence-corrected chi connectivity index (χ0v) is 13.0. The number of para-hydroxylation sites is 1. The predicted molar refractivity (Wildman–Crippen MR) is 86.3 cm³/mol. The monoisotopic (exact) mass is 298 g/mol. The summed E-state index contributed by atoms with van der Waals surface area (Å²) in [4.78, 5) is 12.4. The Kier molecular flexibility index (Phi) is 4.24. The standard InChI is InChI=1S/C17H22N4O/c1-12-10-14(8-9-18-12)19-17(22)16-11-13(2)21(20-16)15-6-4-3-5-7-15/h3-7,11-12,14,18H,8-10H2,1-2H3,(H,19,22). The average molecular weight is 298 g/mol. The van der Waals surface area contributed by atoms with Crippen molar-refractivity contribution < 1.29 is 4.79 Å². The van der Waals surface area contributed by atoms with E-state index in [0.717, 1.165) is 30.8 Å². The van der Waals surface area contributed by atoms with Crippen LogP contribution in [0.4, 0.5) is 0 Å². The van der Waals surface area contributed by atoms with Crippen LogP contribution in [0.15, 0.2) is 36.4 Å². The van der Waals surface area contributed by atoms with Gasteiger partial charge >= 0.3 is 0 Å². The van der Waals surface area contributed by atoms with Crippen molar-refractivity contribution in [2.24, 2.45) is 0 Å². The predicted octanol–water partition coefficient (Wildman–Crippen LogP) is 2.05. The molecule has 22 heavy (non-hydrogen) atoms. The van der Waals surface area contributed by atoms with Crippen LogP contribution < -0.4 is 10.6 Å². The van der Waals surface area contributed by atoms with Crippen LogP contribution in [0, 0.1) is 6.92 Å². The molecule has 2 heterocycles. The number of aryl methyl sites for hydroxylation is 1. The molecule has 2 N–H and O–H groups in total. The van der Waals surface area contributed by atoms with Gasteiger partial charge in [-0.2, -0.15) is 5.10 Å². The normalized spacial score (nSPS) is 21.5. The Bertz CT molecular complexity index is 650. The molecule has 0 spiro atoms. The molecule has 3 rings (SSSR count). The fourth-order valence-electron chi connectivity index (χ4n) is 2.94. The number of benzene rings is 1. The fraction of sp³-hybridized carbons (Fsp3) is 0.412. The molecule has 1 amide bonds. The summed E-state index contributed by atoms with van der Waals surface area (Å²) in [5.41, 5.74) is 2.40. The Morgan fingerprint density at radius 3 is 2.86 bits per heavy atom. The molecule has 1 aromatic heterocycles. The van der Waals surface area contributed by atoms with Crippen LogP contribution >= 0.6 is 0 Å². The second kappa shape index (κ2) is 6.32.